The molecule has 7 heteroatoms. The first-order valence-corrected chi connectivity index (χ1v) is 7.51. The van der Waals surface area contributed by atoms with Crippen LogP contribution in [0.3, 0.4) is 0 Å². The van der Waals surface area contributed by atoms with Crippen LogP contribution >= 0.6 is 0 Å². The number of hydrogen-bond donors (Lipinski definition) is 1. The van der Waals surface area contributed by atoms with Crippen LogP contribution in [0.5, 0.6) is 0 Å². The number of aliphatic hydroxyl groups is 1. The number of aromatic nitrogens is 2. The molecule has 0 aliphatic heterocycles. The molecule has 1 amide bonds. The number of amides is 1. The largest absolute Gasteiger partial charge is 0.395 e. The molecule has 126 valence electrons. The molecule has 2 rings (SSSR count). The Morgan fingerprint density at radius 1 is 1.35 bits per heavy atom. The lowest BCUT2D eigenvalue weighted by atomic mass is 10.2. The van der Waals surface area contributed by atoms with E-state index in [0.29, 0.717) is 30.3 Å². The summed E-state index contributed by atoms with van der Waals surface area (Å²) in [5.74, 6) is 1.24. The van der Waals surface area contributed by atoms with Crippen LogP contribution in [0.15, 0.2) is 16.7 Å². The molecule has 2 aromatic heterocycles. The average Bonchev–Trinajstić information content (AvgIpc) is 3.06. The molecule has 2 heterocycles. The van der Waals surface area contributed by atoms with Crippen LogP contribution in [0, 0.1) is 20.8 Å². The minimum atomic E-state index is -0.129. The van der Waals surface area contributed by atoms with Crippen molar-refractivity contribution < 1.29 is 19.2 Å². The molecule has 0 unspecified atom stereocenters. The van der Waals surface area contributed by atoms with E-state index in [2.05, 4.69) is 5.16 Å². The first-order valence-electron chi connectivity index (χ1n) is 7.51. The number of nitrogens with zero attached hydrogens (tertiary/aromatic N) is 3. The predicted molar refractivity (Wildman–Crippen MR) is 84.9 cm³/mol. The van der Waals surface area contributed by atoms with Crippen LogP contribution < -0.4 is 0 Å². The Balaban J connectivity index is 2.34. The number of methoxy groups -OCH3 is 1. The van der Waals surface area contributed by atoms with Crippen LogP contribution in [-0.4, -0.2) is 59.1 Å². The Hall–Kier alpha value is -2.12. The predicted octanol–water partition coefficient (Wildman–Crippen LogP) is 1.47. The normalized spacial score (nSPS) is 11.0. The Labute approximate surface area is 135 Å². The summed E-state index contributed by atoms with van der Waals surface area (Å²) in [6.07, 6.45) is 0. The monoisotopic (exact) mass is 321 g/mol. The Morgan fingerprint density at radius 2 is 2.09 bits per heavy atom. The van der Waals surface area contributed by atoms with Gasteiger partial charge in [-0.2, -0.15) is 0 Å². The second kappa shape index (κ2) is 7.43. The molecular formula is C16H23N3O4. The number of ether oxygens (including phenoxy) is 1. The highest BCUT2D eigenvalue weighted by Crippen LogP contribution is 2.22. The van der Waals surface area contributed by atoms with E-state index >= 15 is 0 Å². The summed E-state index contributed by atoms with van der Waals surface area (Å²) in [6.45, 7) is 6.66. The molecule has 0 aliphatic rings. The maximum Gasteiger partial charge on any atom is 0.255 e. The van der Waals surface area contributed by atoms with Crippen molar-refractivity contribution in [3.05, 3.63) is 34.8 Å². The van der Waals surface area contributed by atoms with Gasteiger partial charge in [-0.15, -0.1) is 0 Å². The topological polar surface area (TPSA) is 80.7 Å². The molecule has 2 aromatic rings. The second-order valence-corrected chi connectivity index (χ2v) is 5.42. The van der Waals surface area contributed by atoms with E-state index in [1.165, 1.54) is 0 Å². The molecule has 7 nitrogen and oxygen atoms in total. The number of hydrogen-bond acceptors (Lipinski definition) is 5. The molecule has 0 saturated carbocycles. The van der Waals surface area contributed by atoms with Gasteiger partial charge in [-0.3, -0.25) is 9.36 Å². The maximum atomic E-state index is 12.8. The summed E-state index contributed by atoms with van der Waals surface area (Å²) in [4.78, 5) is 14.4. The van der Waals surface area contributed by atoms with Crippen molar-refractivity contribution in [2.45, 2.75) is 20.8 Å². The molecule has 0 atom stereocenters. The van der Waals surface area contributed by atoms with E-state index in [1.807, 2.05) is 37.5 Å². The van der Waals surface area contributed by atoms with E-state index in [4.69, 9.17) is 9.26 Å². The van der Waals surface area contributed by atoms with Crippen LogP contribution in [0.4, 0.5) is 0 Å². The van der Waals surface area contributed by atoms with Crippen LogP contribution in [0.1, 0.15) is 27.5 Å². The number of carbonyl (C=O) groups excluding carboxylic acids is 1. The fourth-order valence-corrected chi connectivity index (χ4v) is 2.60. The van der Waals surface area contributed by atoms with Gasteiger partial charge in [-0.05, 0) is 26.8 Å². The Kier molecular flexibility index (Phi) is 5.57. The first kappa shape index (κ1) is 17.2. The molecule has 0 bridgehead atoms. The second-order valence-electron chi connectivity index (χ2n) is 5.42. The van der Waals surface area contributed by atoms with Crippen molar-refractivity contribution in [3.8, 4) is 5.82 Å². The van der Waals surface area contributed by atoms with Crippen LogP contribution in [0.25, 0.3) is 5.82 Å². The fourth-order valence-electron chi connectivity index (χ4n) is 2.60. The zero-order chi connectivity index (χ0) is 17.0. The van der Waals surface area contributed by atoms with Gasteiger partial charge in [0, 0.05) is 37.7 Å². The standard InChI is InChI=1S/C16H23N3O4/c1-11-9-14(16(21)18(5-7-20)6-8-22-4)13(3)19(11)15-10-12(2)23-17-15/h9-10,20H,5-8H2,1-4H3. The van der Waals surface area contributed by atoms with Gasteiger partial charge in [0.2, 0.25) is 0 Å². The van der Waals surface area contributed by atoms with Crippen molar-refractivity contribution in [2.75, 3.05) is 33.4 Å². The van der Waals surface area contributed by atoms with Gasteiger partial charge in [0.05, 0.1) is 18.8 Å². The Bertz CT molecular complexity index is 675. The van der Waals surface area contributed by atoms with Gasteiger partial charge in [-0.1, -0.05) is 5.16 Å². The van der Waals surface area contributed by atoms with Gasteiger partial charge in [0.1, 0.15) is 5.76 Å². The highest BCUT2D eigenvalue weighted by Gasteiger charge is 2.22. The minimum Gasteiger partial charge on any atom is -0.395 e. The average molecular weight is 321 g/mol. The molecule has 0 spiro atoms. The third kappa shape index (κ3) is 3.62. The molecule has 23 heavy (non-hydrogen) atoms. The SMILES string of the molecule is COCCN(CCO)C(=O)c1cc(C)n(-c2cc(C)on2)c1C. The van der Waals surface area contributed by atoms with Gasteiger partial charge in [0.15, 0.2) is 5.82 Å². The van der Waals surface area contributed by atoms with Crippen LogP contribution in [-0.2, 0) is 4.74 Å². The summed E-state index contributed by atoms with van der Waals surface area (Å²) >= 11 is 0. The van der Waals surface area contributed by atoms with Gasteiger partial charge in [-0.25, -0.2) is 0 Å². The molecule has 0 fully saturated rings. The number of carbonyl (C=O) groups is 1. The van der Waals surface area contributed by atoms with Crippen molar-refractivity contribution in [3.63, 3.8) is 0 Å². The summed E-state index contributed by atoms with van der Waals surface area (Å²) in [5, 5.41) is 13.2. The lowest BCUT2D eigenvalue weighted by molar-refractivity contribution is 0.0656. The highest BCUT2D eigenvalue weighted by atomic mass is 16.5. The molecular weight excluding hydrogens is 298 g/mol. The molecule has 0 aromatic carbocycles. The first-order chi connectivity index (χ1) is 11.0. The zero-order valence-corrected chi connectivity index (χ0v) is 14.0. The number of rotatable bonds is 7. The van der Waals surface area contributed by atoms with E-state index < -0.39 is 0 Å². The quantitative estimate of drug-likeness (QED) is 0.835. The number of aliphatic hydroxyl groups excluding tert-OH is 1. The van der Waals surface area contributed by atoms with Crippen LogP contribution in [0.2, 0.25) is 0 Å². The summed E-state index contributed by atoms with van der Waals surface area (Å²) in [6, 6.07) is 3.66. The molecule has 0 radical (unpaired) electrons. The molecule has 0 aliphatic carbocycles. The number of aryl methyl sites for hydroxylation is 2. The maximum absolute atomic E-state index is 12.8. The van der Waals surface area contributed by atoms with E-state index in [1.54, 1.807) is 12.0 Å². The van der Waals surface area contributed by atoms with Gasteiger partial charge < -0.3 is 19.3 Å². The van der Waals surface area contributed by atoms with Crippen molar-refractivity contribution in [2.24, 2.45) is 0 Å². The van der Waals surface area contributed by atoms with Crippen molar-refractivity contribution in [1.82, 2.24) is 14.6 Å². The lowest BCUT2D eigenvalue weighted by Crippen LogP contribution is -2.36. The van der Waals surface area contributed by atoms with E-state index in [-0.39, 0.29) is 19.1 Å². The summed E-state index contributed by atoms with van der Waals surface area (Å²) in [5.41, 5.74) is 2.28. The van der Waals surface area contributed by atoms with Gasteiger partial charge in [0.25, 0.3) is 5.91 Å². The fraction of sp³-hybridized carbons (Fsp3) is 0.500. The molecule has 1 N–H and O–H groups in total. The van der Waals surface area contributed by atoms with E-state index in [9.17, 15) is 9.90 Å². The van der Waals surface area contributed by atoms with Crippen molar-refractivity contribution >= 4 is 5.91 Å². The van der Waals surface area contributed by atoms with E-state index in [0.717, 1.165) is 11.4 Å². The summed E-state index contributed by atoms with van der Waals surface area (Å²) in [7, 11) is 1.58. The zero-order valence-electron chi connectivity index (χ0n) is 14.0. The lowest BCUT2D eigenvalue weighted by Gasteiger charge is -2.21. The third-order valence-corrected chi connectivity index (χ3v) is 3.73. The van der Waals surface area contributed by atoms with Gasteiger partial charge >= 0.3 is 0 Å². The Morgan fingerprint density at radius 3 is 2.65 bits per heavy atom. The highest BCUT2D eigenvalue weighted by molar-refractivity contribution is 5.96. The van der Waals surface area contributed by atoms with Crippen molar-refractivity contribution in [1.29, 1.82) is 0 Å². The minimum absolute atomic E-state index is 0.0866. The summed E-state index contributed by atoms with van der Waals surface area (Å²) < 4.78 is 12.0. The molecule has 0 saturated heterocycles. The smallest absolute Gasteiger partial charge is 0.255 e. The third-order valence-electron chi connectivity index (χ3n) is 3.73.